The van der Waals surface area contributed by atoms with Crippen LogP contribution in [0.4, 0.5) is 0 Å². The lowest BCUT2D eigenvalue weighted by Crippen LogP contribution is -2.26. The number of hydrogen-bond acceptors (Lipinski definition) is 7. The third-order valence-electron chi connectivity index (χ3n) is 4.48. The summed E-state index contributed by atoms with van der Waals surface area (Å²) in [5.74, 6) is 0.330. The van der Waals surface area contributed by atoms with E-state index in [4.69, 9.17) is 23.8 Å². The number of nitrogens with two attached hydrogens (primary N) is 1. The van der Waals surface area contributed by atoms with Crippen molar-refractivity contribution in [2.45, 2.75) is 71.2 Å². The van der Waals surface area contributed by atoms with Gasteiger partial charge in [0.25, 0.3) is 0 Å². The quantitative estimate of drug-likeness (QED) is 0.446. The molecule has 1 aliphatic carbocycles. The summed E-state index contributed by atoms with van der Waals surface area (Å²) in [6.07, 6.45) is 4.22. The van der Waals surface area contributed by atoms with Crippen LogP contribution in [0.25, 0.3) is 0 Å². The molecule has 0 aromatic heterocycles. The highest BCUT2D eigenvalue weighted by Crippen LogP contribution is 2.71. The Kier molecular flexibility index (Phi) is 10.4. The van der Waals surface area contributed by atoms with Crippen LogP contribution in [-0.2, 0) is 27.2 Å². The van der Waals surface area contributed by atoms with Crippen molar-refractivity contribution in [3.63, 3.8) is 0 Å². The summed E-state index contributed by atoms with van der Waals surface area (Å²) >= 11 is 0. The van der Waals surface area contributed by atoms with Crippen molar-refractivity contribution in [2.24, 2.45) is 11.7 Å². The van der Waals surface area contributed by atoms with Crippen molar-refractivity contribution in [3.8, 4) is 0 Å². The van der Waals surface area contributed by atoms with Crippen molar-refractivity contribution in [3.05, 3.63) is 0 Å². The highest BCUT2D eigenvalue weighted by Gasteiger charge is 2.50. The molecule has 9 heteroatoms. The lowest BCUT2D eigenvalue weighted by molar-refractivity contribution is 0.192. The summed E-state index contributed by atoms with van der Waals surface area (Å²) in [6, 6.07) is 0.137. The first-order valence-electron chi connectivity index (χ1n) is 9.39. The van der Waals surface area contributed by atoms with Crippen molar-refractivity contribution >= 4 is 15.2 Å². The van der Waals surface area contributed by atoms with Crippen molar-refractivity contribution < 1.29 is 27.2 Å². The molecule has 0 aliphatic heterocycles. The molecule has 7 nitrogen and oxygen atoms in total. The van der Waals surface area contributed by atoms with Crippen molar-refractivity contribution in [2.75, 3.05) is 26.4 Å². The molecule has 0 spiro atoms. The highest BCUT2D eigenvalue weighted by molar-refractivity contribution is 7.72. The Morgan fingerprint density at radius 1 is 0.880 bits per heavy atom. The smallest absolute Gasteiger partial charge is 0.327 e. The lowest BCUT2D eigenvalue weighted by Gasteiger charge is -2.32. The molecular formula is C16H35NO6P2. The fourth-order valence-corrected chi connectivity index (χ4v) is 8.81. The average Bonchev–Trinajstić information content (AvgIpc) is 2.93. The third kappa shape index (κ3) is 6.42. The molecule has 25 heavy (non-hydrogen) atoms. The van der Waals surface area contributed by atoms with Crippen LogP contribution in [0.15, 0.2) is 0 Å². The molecule has 0 bridgehead atoms. The van der Waals surface area contributed by atoms with Gasteiger partial charge in [0.15, 0.2) is 5.40 Å². The van der Waals surface area contributed by atoms with E-state index in [9.17, 15) is 9.13 Å². The van der Waals surface area contributed by atoms with Gasteiger partial charge in [-0.3, -0.25) is 9.13 Å². The summed E-state index contributed by atoms with van der Waals surface area (Å²) in [4.78, 5) is 0. The summed E-state index contributed by atoms with van der Waals surface area (Å²) < 4.78 is 48.7. The molecule has 1 aliphatic rings. The Bertz CT molecular complexity index is 426. The van der Waals surface area contributed by atoms with E-state index in [1.807, 2.05) is 0 Å². The van der Waals surface area contributed by atoms with E-state index in [-0.39, 0.29) is 32.5 Å². The van der Waals surface area contributed by atoms with Gasteiger partial charge in [0.2, 0.25) is 0 Å². The second-order valence-corrected chi connectivity index (χ2v) is 11.0. The van der Waals surface area contributed by atoms with Crippen LogP contribution < -0.4 is 5.73 Å². The molecular weight excluding hydrogens is 364 g/mol. The Morgan fingerprint density at radius 3 is 1.64 bits per heavy atom. The van der Waals surface area contributed by atoms with E-state index in [2.05, 4.69) is 0 Å². The summed E-state index contributed by atoms with van der Waals surface area (Å²) in [6.45, 7) is 7.77. The fraction of sp³-hybridized carbons (Fsp3) is 1.00. The van der Waals surface area contributed by atoms with Crippen LogP contribution in [0.2, 0.25) is 0 Å². The van der Waals surface area contributed by atoms with E-state index < -0.39 is 20.6 Å². The van der Waals surface area contributed by atoms with Gasteiger partial charge < -0.3 is 23.8 Å². The number of rotatable bonds is 13. The zero-order chi connectivity index (χ0) is 18.9. The molecule has 1 rings (SSSR count). The minimum Gasteiger partial charge on any atom is -0.327 e. The zero-order valence-corrected chi connectivity index (χ0v) is 17.8. The zero-order valence-electron chi connectivity index (χ0n) is 16.0. The summed E-state index contributed by atoms with van der Waals surface area (Å²) in [5, 5.41) is -0.924. The first kappa shape index (κ1) is 23.3. The van der Waals surface area contributed by atoms with Crippen LogP contribution in [-0.4, -0.2) is 37.9 Å². The molecule has 1 fully saturated rings. The minimum atomic E-state index is -3.64. The van der Waals surface area contributed by atoms with Gasteiger partial charge in [-0.15, -0.1) is 0 Å². The SMILES string of the molecule is CCOP(=O)(OCC)C(CCC1CCCC1N)P(=O)(OCC)OCC. The Hall–Kier alpha value is 0.260. The monoisotopic (exact) mass is 399 g/mol. The average molecular weight is 399 g/mol. The Labute approximate surface area is 152 Å². The molecule has 0 aromatic carbocycles. The largest absolute Gasteiger partial charge is 0.345 e. The highest BCUT2D eigenvalue weighted by atomic mass is 31.2. The molecule has 0 radical (unpaired) electrons. The summed E-state index contributed by atoms with van der Waals surface area (Å²) in [7, 11) is -7.28. The van der Waals surface area contributed by atoms with Crippen LogP contribution in [0.3, 0.4) is 0 Å². The van der Waals surface area contributed by atoms with Crippen LogP contribution in [0.5, 0.6) is 0 Å². The van der Waals surface area contributed by atoms with Gasteiger partial charge in [0.1, 0.15) is 0 Å². The van der Waals surface area contributed by atoms with E-state index >= 15 is 0 Å². The Balaban J connectivity index is 3.09. The van der Waals surface area contributed by atoms with Gasteiger partial charge in [0.05, 0.1) is 26.4 Å². The molecule has 0 aromatic rings. The molecule has 0 amide bonds. The van der Waals surface area contributed by atoms with Crippen molar-refractivity contribution in [1.29, 1.82) is 0 Å². The van der Waals surface area contributed by atoms with E-state index in [1.165, 1.54) is 0 Å². The van der Waals surface area contributed by atoms with Crippen LogP contribution in [0.1, 0.15) is 59.8 Å². The molecule has 0 saturated heterocycles. The predicted octanol–water partition coefficient (Wildman–Crippen LogP) is 4.75. The predicted molar refractivity (Wildman–Crippen MR) is 100 cm³/mol. The second-order valence-electron chi connectivity index (χ2n) is 6.16. The van der Waals surface area contributed by atoms with E-state index in [1.54, 1.807) is 27.7 Å². The lowest BCUT2D eigenvalue weighted by atomic mass is 9.99. The Morgan fingerprint density at radius 2 is 1.32 bits per heavy atom. The first-order valence-corrected chi connectivity index (χ1v) is 12.6. The third-order valence-corrected chi connectivity index (χ3v) is 10.6. The molecule has 2 N–H and O–H groups in total. The fourth-order valence-electron chi connectivity index (χ4n) is 3.41. The maximum absolute atomic E-state index is 13.4. The first-order chi connectivity index (χ1) is 11.9. The van der Waals surface area contributed by atoms with Gasteiger partial charge in [0, 0.05) is 6.04 Å². The van der Waals surface area contributed by atoms with Gasteiger partial charge in [-0.1, -0.05) is 6.42 Å². The van der Waals surface area contributed by atoms with Crippen LogP contribution in [0, 0.1) is 5.92 Å². The normalized spacial score (nSPS) is 22.0. The minimum absolute atomic E-state index is 0.137. The van der Waals surface area contributed by atoms with E-state index in [0.717, 1.165) is 19.3 Å². The maximum atomic E-state index is 13.4. The van der Waals surface area contributed by atoms with Gasteiger partial charge >= 0.3 is 15.2 Å². The van der Waals surface area contributed by atoms with Gasteiger partial charge in [-0.05, 0) is 59.3 Å². The van der Waals surface area contributed by atoms with Gasteiger partial charge in [-0.2, -0.15) is 0 Å². The van der Waals surface area contributed by atoms with E-state index in [0.29, 0.717) is 18.8 Å². The molecule has 150 valence electrons. The number of hydrogen-bond donors (Lipinski definition) is 1. The molecule has 0 heterocycles. The second kappa shape index (κ2) is 11.2. The summed E-state index contributed by atoms with van der Waals surface area (Å²) in [5.41, 5.74) is 6.15. The van der Waals surface area contributed by atoms with Crippen LogP contribution >= 0.6 is 15.2 Å². The molecule has 2 unspecified atom stereocenters. The van der Waals surface area contributed by atoms with Crippen molar-refractivity contribution in [1.82, 2.24) is 0 Å². The topological polar surface area (TPSA) is 97.1 Å². The molecule has 2 atom stereocenters. The maximum Gasteiger partial charge on any atom is 0.345 e. The standard InChI is InChI=1S/C16H35NO6P2/c1-5-20-24(18,21-6-2)16(25(19,22-7-3)23-8-4)13-12-14-10-9-11-15(14)17/h14-16H,5-13,17H2,1-4H3. The molecule has 1 saturated carbocycles. The van der Waals surface area contributed by atoms with Gasteiger partial charge in [-0.25, -0.2) is 0 Å².